The smallest absolute Gasteiger partial charge is 0.413 e. The lowest BCUT2D eigenvalue weighted by Crippen LogP contribution is -2.49. The number of amides is 1. The van der Waals surface area contributed by atoms with Crippen molar-refractivity contribution in [2.45, 2.75) is 65.8 Å². The van der Waals surface area contributed by atoms with Crippen LogP contribution in [0.3, 0.4) is 0 Å². The summed E-state index contributed by atoms with van der Waals surface area (Å²) >= 11 is 0. The van der Waals surface area contributed by atoms with Gasteiger partial charge in [0.05, 0.1) is 25.7 Å². The molecular formula is C18H31NO5. The lowest BCUT2D eigenvalue weighted by molar-refractivity contribution is -0.145. The topological polar surface area (TPSA) is 65.1 Å². The van der Waals surface area contributed by atoms with Crippen molar-refractivity contribution in [1.29, 1.82) is 0 Å². The molecule has 1 saturated heterocycles. The molecule has 0 spiro atoms. The molecule has 0 aromatic carbocycles. The highest BCUT2D eigenvalue weighted by atomic mass is 16.6. The summed E-state index contributed by atoms with van der Waals surface area (Å²) in [5.74, 6) is -0.554. The summed E-state index contributed by atoms with van der Waals surface area (Å²) in [7, 11) is 1.38. The van der Waals surface area contributed by atoms with Gasteiger partial charge >= 0.3 is 12.1 Å². The van der Waals surface area contributed by atoms with E-state index in [0.717, 1.165) is 0 Å². The van der Waals surface area contributed by atoms with Gasteiger partial charge in [-0.2, -0.15) is 0 Å². The Hall–Kier alpha value is -1.56. The lowest BCUT2D eigenvalue weighted by Gasteiger charge is -2.34. The van der Waals surface area contributed by atoms with Crippen molar-refractivity contribution in [1.82, 2.24) is 4.90 Å². The summed E-state index contributed by atoms with van der Waals surface area (Å²) in [4.78, 5) is 26.0. The van der Waals surface area contributed by atoms with E-state index >= 15 is 0 Å². The second kappa shape index (κ2) is 7.55. The standard InChI is InChI=1S/C18H31NO5/c1-12(2)14(15(20)22-8)10-9-13-11-23-18(6,7)19(13)16(21)24-17(3,4)5/h9-10,12-14H,11H2,1-8H3/b10-9+/t13-,14+/m1/s1. The van der Waals surface area contributed by atoms with E-state index < -0.39 is 17.4 Å². The van der Waals surface area contributed by atoms with Crippen molar-refractivity contribution in [2.75, 3.05) is 13.7 Å². The van der Waals surface area contributed by atoms with E-state index in [1.807, 2.05) is 54.5 Å². The number of ether oxygens (including phenoxy) is 3. The first kappa shape index (κ1) is 20.5. The Morgan fingerprint density at radius 1 is 1.29 bits per heavy atom. The number of carbonyl (C=O) groups excluding carboxylic acids is 2. The highest BCUT2D eigenvalue weighted by Gasteiger charge is 2.44. The number of esters is 1. The molecule has 6 heteroatoms. The number of methoxy groups -OCH3 is 1. The third-order valence-electron chi connectivity index (χ3n) is 3.84. The van der Waals surface area contributed by atoms with Crippen molar-refractivity contribution in [3.8, 4) is 0 Å². The van der Waals surface area contributed by atoms with Crippen molar-refractivity contribution in [3.63, 3.8) is 0 Å². The fourth-order valence-corrected chi connectivity index (χ4v) is 2.60. The van der Waals surface area contributed by atoms with Crippen LogP contribution in [0.25, 0.3) is 0 Å². The Balaban J connectivity index is 2.98. The Bertz CT molecular complexity index is 490. The average molecular weight is 341 g/mol. The van der Waals surface area contributed by atoms with Gasteiger partial charge in [0.2, 0.25) is 0 Å². The number of nitrogens with zero attached hydrogens (tertiary/aromatic N) is 1. The third kappa shape index (κ3) is 5.23. The molecule has 1 amide bonds. The first-order valence-electron chi connectivity index (χ1n) is 8.31. The quantitative estimate of drug-likeness (QED) is 0.579. The molecule has 0 radical (unpaired) electrons. The minimum absolute atomic E-state index is 0.0963. The van der Waals surface area contributed by atoms with Crippen LogP contribution in [-0.2, 0) is 19.0 Å². The summed E-state index contributed by atoms with van der Waals surface area (Å²) < 4.78 is 16.1. The molecule has 138 valence electrons. The van der Waals surface area contributed by atoms with Crippen molar-refractivity contribution < 1.29 is 23.8 Å². The van der Waals surface area contributed by atoms with Crippen LogP contribution in [0.4, 0.5) is 4.79 Å². The van der Waals surface area contributed by atoms with Crippen LogP contribution < -0.4 is 0 Å². The molecule has 1 fully saturated rings. The van der Waals surface area contributed by atoms with E-state index in [0.29, 0.717) is 6.61 Å². The predicted molar refractivity (Wildman–Crippen MR) is 91.4 cm³/mol. The minimum Gasteiger partial charge on any atom is -0.469 e. The Kier molecular flexibility index (Phi) is 6.45. The van der Waals surface area contributed by atoms with Gasteiger partial charge in [-0.3, -0.25) is 9.69 Å². The zero-order valence-corrected chi connectivity index (χ0v) is 16.1. The molecule has 0 N–H and O–H groups in total. The summed E-state index contributed by atoms with van der Waals surface area (Å²) in [6.07, 6.45) is 3.20. The molecule has 1 aliphatic heterocycles. The van der Waals surface area contributed by atoms with Gasteiger partial charge in [0.15, 0.2) is 0 Å². The molecule has 1 heterocycles. The minimum atomic E-state index is -0.768. The number of carbonyl (C=O) groups is 2. The molecular weight excluding hydrogens is 310 g/mol. The molecule has 0 bridgehead atoms. The van der Waals surface area contributed by atoms with Gasteiger partial charge in [0.25, 0.3) is 0 Å². The second-order valence-corrected chi connectivity index (χ2v) is 7.85. The van der Waals surface area contributed by atoms with Crippen molar-refractivity contribution in [3.05, 3.63) is 12.2 Å². The zero-order chi connectivity index (χ0) is 18.7. The first-order valence-corrected chi connectivity index (χ1v) is 8.31. The monoisotopic (exact) mass is 341 g/mol. The van der Waals surface area contributed by atoms with Gasteiger partial charge in [-0.1, -0.05) is 26.0 Å². The van der Waals surface area contributed by atoms with Crippen LogP contribution in [0.5, 0.6) is 0 Å². The first-order chi connectivity index (χ1) is 10.9. The largest absolute Gasteiger partial charge is 0.469 e. The van der Waals surface area contributed by atoms with Gasteiger partial charge in [-0.05, 0) is 40.5 Å². The Morgan fingerprint density at radius 2 is 1.88 bits per heavy atom. The van der Waals surface area contributed by atoms with E-state index in [9.17, 15) is 9.59 Å². The number of rotatable bonds is 4. The molecule has 2 atom stereocenters. The summed E-state index contributed by atoms with van der Waals surface area (Å²) in [5, 5.41) is 0. The molecule has 1 aliphatic rings. The molecule has 1 rings (SSSR count). The summed E-state index contributed by atoms with van der Waals surface area (Å²) in [6, 6.07) is -0.291. The summed E-state index contributed by atoms with van der Waals surface area (Å²) in [6.45, 7) is 13.4. The maximum Gasteiger partial charge on any atom is 0.413 e. The Labute approximate surface area is 145 Å². The molecule has 0 aliphatic carbocycles. The lowest BCUT2D eigenvalue weighted by atomic mass is 9.95. The second-order valence-electron chi connectivity index (χ2n) is 7.85. The molecule has 0 aromatic heterocycles. The van der Waals surface area contributed by atoms with Crippen molar-refractivity contribution >= 4 is 12.1 Å². The van der Waals surface area contributed by atoms with Crippen LogP contribution in [0, 0.1) is 11.8 Å². The van der Waals surface area contributed by atoms with Crippen LogP contribution in [0.15, 0.2) is 12.2 Å². The van der Waals surface area contributed by atoms with E-state index in [1.54, 1.807) is 11.0 Å². The normalized spacial score (nSPS) is 22.0. The molecule has 0 aromatic rings. The van der Waals surface area contributed by atoms with Crippen LogP contribution >= 0.6 is 0 Å². The zero-order valence-electron chi connectivity index (χ0n) is 16.1. The Morgan fingerprint density at radius 3 is 2.33 bits per heavy atom. The van der Waals surface area contributed by atoms with Crippen molar-refractivity contribution in [2.24, 2.45) is 11.8 Å². The fourth-order valence-electron chi connectivity index (χ4n) is 2.60. The van der Waals surface area contributed by atoms with E-state index in [1.165, 1.54) is 7.11 Å². The fraction of sp³-hybridized carbons (Fsp3) is 0.778. The van der Waals surface area contributed by atoms with Gasteiger partial charge in [0.1, 0.15) is 11.3 Å². The molecule has 24 heavy (non-hydrogen) atoms. The van der Waals surface area contributed by atoms with Gasteiger partial charge in [-0.25, -0.2) is 4.79 Å². The van der Waals surface area contributed by atoms with Gasteiger partial charge in [-0.15, -0.1) is 0 Å². The van der Waals surface area contributed by atoms with E-state index in [-0.39, 0.29) is 23.8 Å². The maximum atomic E-state index is 12.6. The number of hydrogen-bond donors (Lipinski definition) is 0. The maximum absolute atomic E-state index is 12.6. The van der Waals surface area contributed by atoms with Crippen LogP contribution in [0.1, 0.15) is 48.5 Å². The molecule has 6 nitrogen and oxygen atoms in total. The highest BCUT2D eigenvalue weighted by molar-refractivity contribution is 5.74. The third-order valence-corrected chi connectivity index (χ3v) is 3.84. The molecule has 0 unspecified atom stereocenters. The van der Waals surface area contributed by atoms with E-state index in [4.69, 9.17) is 14.2 Å². The predicted octanol–water partition coefficient (Wildman–Crippen LogP) is 3.36. The van der Waals surface area contributed by atoms with Crippen LogP contribution in [-0.4, -0.2) is 48.0 Å². The van der Waals surface area contributed by atoms with Gasteiger partial charge in [0, 0.05) is 0 Å². The SMILES string of the molecule is COC(=O)[C@@H](/C=C/[C@@H]1COC(C)(C)N1C(=O)OC(C)(C)C)C(C)C. The average Bonchev–Trinajstić information content (AvgIpc) is 2.71. The summed E-state index contributed by atoms with van der Waals surface area (Å²) in [5.41, 5.74) is -1.35. The van der Waals surface area contributed by atoms with Gasteiger partial charge < -0.3 is 14.2 Å². The van der Waals surface area contributed by atoms with E-state index in [2.05, 4.69) is 0 Å². The molecule has 0 saturated carbocycles. The number of hydrogen-bond acceptors (Lipinski definition) is 5. The van der Waals surface area contributed by atoms with Crippen LogP contribution in [0.2, 0.25) is 0 Å². The highest BCUT2D eigenvalue weighted by Crippen LogP contribution is 2.30.